The highest BCUT2D eigenvalue weighted by atomic mass is 16.5. The van der Waals surface area contributed by atoms with Crippen LogP contribution < -0.4 is 10.5 Å². The molecule has 0 aromatic heterocycles. The number of hydrogen-bond acceptors (Lipinski definition) is 2. The van der Waals surface area contributed by atoms with Crippen LogP contribution in [0.1, 0.15) is 44.2 Å². The first-order valence-corrected chi connectivity index (χ1v) is 6.05. The fourth-order valence-electron chi connectivity index (χ4n) is 1.85. The van der Waals surface area contributed by atoms with E-state index in [4.69, 9.17) is 10.5 Å². The second-order valence-electron chi connectivity index (χ2n) is 4.53. The van der Waals surface area contributed by atoms with Crippen molar-refractivity contribution in [3.8, 4) is 5.75 Å². The third-order valence-corrected chi connectivity index (χ3v) is 2.81. The summed E-state index contributed by atoms with van der Waals surface area (Å²) in [5.41, 5.74) is 8.26. The molecule has 0 bridgehead atoms. The molecular formula is C14H23NO. The van der Waals surface area contributed by atoms with E-state index in [9.17, 15) is 0 Å². The van der Waals surface area contributed by atoms with E-state index in [0.29, 0.717) is 12.5 Å². The Morgan fingerprint density at radius 1 is 1.31 bits per heavy atom. The van der Waals surface area contributed by atoms with E-state index in [1.807, 2.05) is 13.8 Å². The minimum atomic E-state index is 0.223. The molecule has 0 aliphatic rings. The Morgan fingerprint density at radius 2 is 2.00 bits per heavy atom. The van der Waals surface area contributed by atoms with Crippen LogP contribution in [0.25, 0.3) is 0 Å². The molecule has 0 saturated carbocycles. The molecule has 0 aliphatic carbocycles. The van der Waals surface area contributed by atoms with Gasteiger partial charge in [0.05, 0.1) is 6.10 Å². The first-order chi connectivity index (χ1) is 7.58. The maximum atomic E-state index is 5.75. The lowest BCUT2D eigenvalue weighted by Crippen LogP contribution is -2.12. The van der Waals surface area contributed by atoms with Crippen molar-refractivity contribution in [2.24, 2.45) is 5.73 Å². The molecule has 0 radical (unpaired) electrons. The number of ether oxygens (including phenoxy) is 1. The SMILES string of the molecule is CCC(CN)c1ccc(OC(C)C)c(C)c1. The molecular weight excluding hydrogens is 198 g/mol. The van der Waals surface area contributed by atoms with Crippen molar-refractivity contribution in [3.63, 3.8) is 0 Å². The summed E-state index contributed by atoms with van der Waals surface area (Å²) in [4.78, 5) is 0. The zero-order chi connectivity index (χ0) is 12.1. The Labute approximate surface area is 98.8 Å². The largest absolute Gasteiger partial charge is 0.491 e. The first kappa shape index (κ1) is 13.0. The average molecular weight is 221 g/mol. The summed E-state index contributed by atoms with van der Waals surface area (Å²) >= 11 is 0. The zero-order valence-electron chi connectivity index (χ0n) is 10.8. The van der Waals surface area contributed by atoms with E-state index in [2.05, 4.69) is 32.0 Å². The summed E-state index contributed by atoms with van der Waals surface area (Å²) in [5.74, 6) is 1.44. The van der Waals surface area contributed by atoms with Crippen LogP contribution in [0.15, 0.2) is 18.2 Å². The Kier molecular flexibility index (Phi) is 4.81. The normalized spacial score (nSPS) is 12.9. The van der Waals surface area contributed by atoms with E-state index < -0.39 is 0 Å². The summed E-state index contributed by atoms with van der Waals surface area (Å²) in [7, 11) is 0. The number of nitrogens with two attached hydrogens (primary N) is 1. The maximum Gasteiger partial charge on any atom is 0.122 e. The molecule has 2 nitrogen and oxygen atoms in total. The van der Waals surface area contributed by atoms with Crippen molar-refractivity contribution in [1.82, 2.24) is 0 Å². The first-order valence-electron chi connectivity index (χ1n) is 6.05. The predicted molar refractivity (Wildman–Crippen MR) is 69.0 cm³/mol. The third-order valence-electron chi connectivity index (χ3n) is 2.81. The van der Waals surface area contributed by atoms with Gasteiger partial charge in [-0.15, -0.1) is 0 Å². The van der Waals surface area contributed by atoms with Crippen molar-refractivity contribution in [3.05, 3.63) is 29.3 Å². The van der Waals surface area contributed by atoms with Gasteiger partial charge in [-0.1, -0.05) is 19.1 Å². The van der Waals surface area contributed by atoms with Crippen LogP contribution in [0.3, 0.4) is 0 Å². The van der Waals surface area contributed by atoms with E-state index >= 15 is 0 Å². The Morgan fingerprint density at radius 3 is 2.44 bits per heavy atom. The van der Waals surface area contributed by atoms with Crippen molar-refractivity contribution in [2.75, 3.05) is 6.54 Å². The molecule has 16 heavy (non-hydrogen) atoms. The Bertz CT molecular complexity index is 330. The van der Waals surface area contributed by atoms with Crippen LogP contribution in [0.4, 0.5) is 0 Å². The predicted octanol–water partition coefficient (Wildman–Crippen LogP) is 3.23. The van der Waals surface area contributed by atoms with Gasteiger partial charge in [0.2, 0.25) is 0 Å². The fraction of sp³-hybridized carbons (Fsp3) is 0.571. The quantitative estimate of drug-likeness (QED) is 0.828. The van der Waals surface area contributed by atoms with Crippen LogP contribution in [-0.2, 0) is 0 Å². The van der Waals surface area contributed by atoms with Gasteiger partial charge in [0.25, 0.3) is 0 Å². The lowest BCUT2D eigenvalue weighted by atomic mass is 9.95. The van der Waals surface area contributed by atoms with Crippen molar-refractivity contribution >= 4 is 0 Å². The summed E-state index contributed by atoms with van der Waals surface area (Å²) in [6.45, 7) is 9.06. The van der Waals surface area contributed by atoms with E-state index in [1.54, 1.807) is 0 Å². The van der Waals surface area contributed by atoms with Crippen LogP contribution >= 0.6 is 0 Å². The topological polar surface area (TPSA) is 35.2 Å². The average Bonchev–Trinajstić information content (AvgIpc) is 2.23. The standard InChI is InChI=1S/C14H23NO/c1-5-12(9-15)13-6-7-14(11(4)8-13)16-10(2)3/h6-8,10,12H,5,9,15H2,1-4H3. The highest BCUT2D eigenvalue weighted by Gasteiger charge is 2.09. The molecule has 1 aromatic rings. The summed E-state index contributed by atoms with van der Waals surface area (Å²) in [6, 6.07) is 6.38. The number of rotatable bonds is 5. The number of benzene rings is 1. The lowest BCUT2D eigenvalue weighted by Gasteiger charge is -2.17. The molecule has 0 aliphatic heterocycles. The molecule has 0 saturated heterocycles. The maximum absolute atomic E-state index is 5.75. The monoisotopic (exact) mass is 221 g/mol. The summed E-state index contributed by atoms with van der Waals surface area (Å²) < 4.78 is 5.72. The van der Waals surface area contributed by atoms with Gasteiger partial charge >= 0.3 is 0 Å². The highest BCUT2D eigenvalue weighted by molar-refractivity contribution is 5.37. The van der Waals surface area contributed by atoms with Gasteiger partial charge in [-0.25, -0.2) is 0 Å². The number of aryl methyl sites for hydroxylation is 1. The molecule has 2 N–H and O–H groups in total. The van der Waals surface area contributed by atoms with Gasteiger partial charge in [-0.2, -0.15) is 0 Å². The zero-order valence-corrected chi connectivity index (χ0v) is 10.8. The van der Waals surface area contributed by atoms with Gasteiger partial charge in [0.1, 0.15) is 5.75 Å². The van der Waals surface area contributed by atoms with Crippen molar-refractivity contribution in [2.45, 2.75) is 46.1 Å². The number of hydrogen-bond donors (Lipinski definition) is 1. The van der Waals surface area contributed by atoms with Gasteiger partial charge in [0.15, 0.2) is 0 Å². The smallest absolute Gasteiger partial charge is 0.122 e. The van der Waals surface area contributed by atoms with E-state index in [1.165, 1.54) is 11.1 Å². The second kappa shape index (κ2) is 5.90. The molecule has 1 aromatic carbocycles. The molecule has 0 fully saturated rings. The van der Waals surface area contributed by atoms with Gasteiger partial charge < -0.3 is 10.5 Å². The van der Waals surface area contributed by atoms with Crippen LogP contribution in [0.5, 0.6) is 5.75 Å². The highest BCUT2D eigenvalue weighted by Crippen LogP contribution is 2.25. The summed E-state index contributed by atoms with van der Waals surface area (Å²) in [6.07, 6.45) is 1.31. The third kappa shape index (κ3) is 3.24. The van der Waals surface area contributed by atoms with Crippen molar-refractivity contribution < 1.29 is 4.74 Å². The molecule has 2 heteroatoms. The molecule has 0 spiro atoms. The molecule has 0 amide bonds. The molecule has 90 valence electrons. The van der Waals surface area contributed by atoms with Gasteiger partial charge in [-0.05, 0) is 56.8 Å². The minimum absolute atomic E-state index is 0.223. The molecule has 1 unspecified atom stereocenters. The molecule has 1 rings (SSSR count). The van der Waals surface area contributed by atoms with Gasteiger partial charge in [0, 0.05) is 0 Å². The fourth-order valence-corrected chi connectivity index (χ4v) is 1.85. The van der Waals surface area contributed by atoms with Crippen LogP contribution in [0.2, 0.25) is 0 Å². The molecule has 1 atom stereocenters. The van der Waals surface area contributed by atoms with Crippen LogP contribution in [-0.4, -0.2) is 12.6 Å². The minimum Gasteiger partial charge on any atom is -0.491 e. The lowest BCUT2D eigenvalue weighted by molar-refractivity contribution is 0.240. The summed E-state index contributed by atoms with van der Waals surface area (Å²) in [5, 5.41) is 0. The Hall–Kier alpha value is -1.02. The Balaban J connectivity index is 2.89. The van der Waals surface area contributed by atoms with E-state index in [0.717, 1.165) is 12.2 Å². The van der Waals surface area contributed by atoms with Crippen LogP contribution in [0, 0.1) is 6.92 Å². The molecule has 0 heterocycles. The van der Waals surface area contributed by atoms with Gasteiger partial charge in [-0.3, -0.25) is 0 Å². The second-order valence-corrected chi connectivity index (χ2v) is 4.53. The van der Waals surface area contributed by atoms with Crippen molar-refractivity contribution in [1.29, 1.82) is 0 Å². The van der Waals surface area contributed by atoms with E-state index in [-0.39, 0.29) is 6.10 Å².